The molecular weight excluding hydrogens is 150 g/mol. The van der Waals surface area contributed by atoms with Crippen LogP contribution in [0.25, 0.3) is 0 Å². The summed E-state index contributed by atoms with van der Waals surface area (Å²) in [4.78, 5) is 0. The highest BCUT2D eigenvalue weighted by molar-refractivity contribution is 6.33. The molecule has 0 bridgehead atoms. The van der Waals surface area contributed by atoms with E-state index in [1.807, 2.05) is 21.0 Å². The van der Waals surface area contributed by atoms with Crippen LogP contribution in [0.3, 0.4) is 0 Å². The summed E-state index contributed by atoms with van der Waals surface area (Å²) < 4.78 is 1.72. The highest BCUT2D eigenvalue weighted by Crippen LogP contribution is 2.23. The Labute approximate surface area is 65.0 Å². The third-order valence-corrected chi connectivity index (χ3v) is 1.84. The van der Waals surface area contributed by atoms with Gasteiger partial charge in [-0.3, -0.25) is 4.68 Å². The fraction of sp³-hybridized carbons (Fsp3) is 0.500. The molecular formula is C6H10ClN3. The number of anilines is 1. The molecule has 0 atom stereocenters. The van der Waals surface area contributed by atoms with Crippen molar-refractivity contribution < 1.29 is 0 Å². The summed E-state index contributed by atoms with van der Waals surface area (Å²) in [6, 6.07) is 0. The standard InChI is InChI=1S/C6H10ClN3/c1-4-5(7)6(8-2)10(3)9-4/h8H,1-3H3. The summed E-state index contributed by atoms with van der Waals surface area (Å²) in [5.74, 6) is 0.860. The Morgan fingerprint density at radius 2 is 2.20 bits per heavy atom. The van der Waals surface area contributed by atoms with Gasteiger partial charge in [0.1, 0.15) is 10.8 Å². The van der Waals surface area contributed by atoms with Crippen molar-refractivity contribution in [2.75, 3.05) is 12.4 Å². The Kier molecular flexibility index (Phi) is 1.85. The lowest BCUT2D eigenvalue weighted by Gasteiger charge is -1.98. The number of rotatable bonds is 1. The molecule has 0 saturated carbocycles. The van der Waals surface area contributed by atoms with Crippen LogP contribution in [0.15, 0.2) is 0 Å². The number of nitrogens with one attached hydrogen (secondary N) is 1. The average molecular weight is 160 g/mol. The second kappa shape index (κ2) is 2.50. The number of aryl methyl sites for hydroxylation is 2. The van der Waals surface area contributed by atoms with Gasteiger partial charge in [0.05, 0.1) is 5.69 Å². The predicted octanol–water partition coefficient (Wildman–Crippen LogP) is 1.42. The zero-order valence-electron chi connectivity index (χ0n) is 6.27. The van der Waals surface area contributed by atoms with Crippen molar-refractivity contribution >= 4 is 17.4 Å². The van der Waals surface area contributed by atoms with Crippen LogP contribution in [0.2, 0.25) is 5.02 Å². The van der Waals surface area contributed by atoms with E-state index in [1.54, 1.807) is 4.68 Å². The van der Waals surface area contributed by atoms with E-state index in [1.165, 1.54) is 0 Å². The highest BCUT2D eigenvalue weighted by Gasteiger charge is 2.07. The van der Waals surface area contributed by atoms with E-state index in [2.05, 4.69) is 10.4 Å². The van der Waals surface area contributed by atoms with E-state index in [0.717, 1.165) is 11.5 Å². The number of aromatic nitrogens is 2. The summed E-state index contributed by atoms with van der Waals surface area (Å²) >= 11 is 5.87. The first kappa shape index (κ1) is 7.41. The Balaban J connectivity index is 3.20. The Bertz CT molecular complexity index is 241. The van der Waals surface area contributed by atoms with Gasteiger partial charge in [-0.25, -0.2) is 0 Å². The first-order chi connectivity index (χ1) is 4.66. The molecule has 1 N–H and O–H groups in total. The Morgan fingerprint density at radius 1 is 1.60 bits per heavy atom. The normalized spacial score (nSPS) is 10.0. The number of halogens is 1. The topological polar surface area (TPSA) is 29.9 Å². The van der Waals surface area contributed by atoms with Gasteiger partial charge in [0.25, 0.3) is 0 Å². The van der Waals surface area contributed by atoms with Gasteiger partial charge < -0.3 is 5.32 Å². The highest BCUT2D eigenvalue weighted by atomic mass is 35.5. The monoisotopic (exact) mass is 159 g/mol. The SMILES string of the molecule is CNc1c(Cl)c(C)nn1C. The van der Waals surface area contributed by atoms with Crippen LogP contribution in [0.4, 0.5) is 5.82 Å². The lowest BCUT2D eigenvalue weighted by molar-refractivity contribution is 0.763. The van der Waals surface area contributed by atoms with Crippen LogP contribution in [-0.2, 0) is 7.05 Å². The molecule has 0 aliphatic rings. The van der Waals surface area contributed by atoms with Crippen molar-refractivity contribution in [2.24, 2.45) is 7.05 Å². The van der Waals surface area contributed by atoms with Gasteiger partial charge in [-0.15, -0.1) is 0 Å². The van der Waals surface area contributed by atoms with Crippen molar-refractivity contribution in [2.45, 2.75) is 6.92 Å². The van der Waals surface area contributed by atoms with Crippen molar-refractivity contribution in [3.8, 4) is 0 Å². The molecule has 1 aromatic heterocycles. The van der Waals surface area contributed by atoms with Crippen LogP contribution in [-0.4, -0.2) is 16.8 Å². The van der Waals surface area contributed by atoms with Crippen LogP contribution >= 0.6 is 11.6 Å². The Morgan fingerprint density at radius 3 is 2.40 bits per heavy atom. The quantitative estimate of drug-likeness (QED) is 0.672. The third-order valence-electron chi connectivity index (χ3n) is 1.39. The van der Waals surface area contributed by atoms with Crippen LogP contribution in [0.1, 0.15) is 5.69 Å². The summed E-state index contributed by atoms with van der Waals surface area (Å²) in [5, 5.41) is 7.76. The number of hydrogen-bond acceptors (Lipinski definition) is 2. The van der Waals surface area contributed by atoms with E-state index in [4.69, 9.17) is 11.6 Å². The largest absolute Gasteiger partial charge is 0.372 e. The van der Waals surface area contributed by atoms with Gasteiger partial charge in [-0.2, -0.15) is 5.10 Å². The smallest absolute Gasteiger partial charge is 0.142 e. The first-order valence-electron chi connectivity index (χ1n) is 3.03. The lowest BCUT2D eigenvalue weighted by Crippen LogP contribution is -1.98. The molecule has 4 heteroatoms. The fourth-order valence-electron chi connectivity index (χ4n) is 0.904. The molecule has 0 saturated heterocycles. The molecule has 1 rings (SSSR count). The Hall–Kier alpha value is -0.700. The maximum absolute atomic E-state index is 5.87. The van der Waals surface area contributed by atoms with E-state index < -0.39 is 0 Å². The molecule has 0 aliphatic heterocycles. The van der Waals surface area contributed by atoms with Crippen molar-refractivity contribution in [1.82, 2.24) is 9.78 Å². The van der Waals surface area contributed by atoms with Gasteiger partial charge in [-0.1, -0.05) is 11.6 Å². The fourth-order valence-corrected chi connectivity index (χ4v) is 1.16. The molecule has 0 spiro atoms. The molecule has 56 valence electrons. The van der Waals surface area contributed by atoms with Gasteiger partial charge in [0, 0.05) is 14.1 Å². The maximum atomic E-state index is 5.87. The summed E-state index contributed by atoms with van der Waals surface area (Å²) in [6.07, 6.45) is 0. The van der Waals surface area contributed by atoms with E-state index in [0.29, 0.717) is 5.02 Å². The molecule has 0 fully saturated rings. The zero-order valence-corrected chi connectivity index (χ0v) is 7.03. The molecule has 3 nitrogen and oxygen atoms in total. The van der Waals surface area contributed by atoms with Gasteiger partial charge in [0.2, 0.25) is 0 Å². The molecule has 10 heavy (non-hydrogen) atoms. The third kappa shape index (κ3) is 0.968. The minimum Gasteiger partial charge on any atom is -0.372 e. The zero-order chi connectivity index (χ0) is 7.72. The average Bonchev–Trinajstić information content (AvgIpc) is 2.09. The lowest BCUT2D eigenvalue weighted by atomic mass is 10.5. The second-order valence-electron chi connectivity index (χ2n) is 2.12. The van der Waals surface area contributed by atoms with Crippen LogP contribution in [0.5, 0.6) is 0 Å². The summed E-state index contributed by atoms with van der Waals surface area (Å²) in [5.41, 5.74) is 0.855. The van der Waals surface area contributed by atoms with Gasteiger partial charge in [-0.05, 0) is 6.92 Å². The maximum Gasteiger partial charge on any atom is 0.142 e. The van der Waals surface area contributed by atoms with Crippen molar-refractivity contribution in [3.63, 3.8) is 0 Å². The second-order valence-corrected chi connectivity index (χ2v) is 2.50. The van der Waals surface area contributed by atoms with Crippen molar-refractivity contribution in [1.29, 1.82) is 0 Å². The molecule has 0 radical (unpaired) electrons. The molecule has 0 unspecified atom stereocenters. The molecule has 0 aromatic carbocycles. The van der Waals surface area contributed by atoms with E-state index in [-0.39, 0.29) is 0 Å². The molecule has 1 aromatic rings. The molecule has 0 aliphatic carbocycles. The molecule has 1 heterocycles. The minimum absolute atomic E-state index is 0.699. The van der Waals surface area contributed by atoms with Crippen LogP contribution < -0.4 is 5.32 Å². The van der Waals surface area contributed by atoms with E-state index in [9.17, 15) is 0 Å². The van der Waals surface area contributed by atoms with Gasteiger partial charge in [0.15, 0.2) is 0 Å². The first-order valence-corrected chi connectivity index (χ1v) is 3.41. The number of hydrogen-bond donors (Lipinski definition) is 1. The summed E-state index contributed by atoms with van der Waals surface area (Å²) in [6.45, 7) is 1.88. The number of nitrogens with zero attached hydrogens (tertiary/aromatic N) is 2. The van der Waals surface area contributed by atoms with E-state index >= 15 is 0 Å². The molecule has 0 amide bonds. The van der Waals surface area contributed by atoms with Crippen LogP contribution in [0, 0.1) is 6.92 Å². The summed E-state index contributed by atoms with van der Waals surface area (Å²) in [7, 11) is 3.67. The predicted molar refractivity (Wildman–Crippen MR) is 42.5 cm³/mol. The van der Waals surface area contributed by atoms with Gasteiger partial charge >= 0.3 is 0 Å². The minimum atomic E-state index is 0.699. The van der Waals surface area contributed by atoms with Crippen molar-refractivity contribution in [3.05, 3.63) is 10.7 Å².